The van der Waals surface area contributed by atoms with Crippen molar-refractivity contribution >= 4 is 0 Å². The molecule has 0 saturated carbocycles. The van der Waals surface area contributed by atoms with E-state index in [4.69, 9.17) is 0 Å². The number of hydrogen-bond acceptors (Lipinski definition) is 2. The van der Waals surface area contributed by atoms with E-state index in [9.17, 15) is 18.3 Å². The summed E-state index contributed by atoms with van der Waals surface area (Å²) in [6.07, 6.45) is -2.60. The quantitative estimate of drug-likeness (QED) is 0.780. The first-order chi connectivity index (χ1) is 11.3. The Morgan fingerprint density at radius 1 is 1.12 bits per heavy atom. The van der Waals surface area contributed by atoms with Crippen LogP contribution in [0.25, 0.3) is 0 Å². The van der Waals surface area contributed by atoms with E-state index in [0.29, 0.717) is 25.9 Å². The Labute approximate surface area is 142 Å². The van der Waals surface area contributed by atoms with Crippen molar-refractivity contribution in [1.82, 2.24) is 4.90 Å². The third kappa shape index (κ3) is 5.49. The van der Waals surface area contributed by atoms with Crippen LogP contribution in [0.15, 0.2) is 18.2 Å². The van der Waals surface area contributed by atoms with Crippen LogP contribution in [0.2, 0.25) is 0 Å². The van der Waals surface area contributed by atoms with Crippen LogP contribution >= 0.6 is 0 Å². The normalized spacial score (nSPS) is 18.8. The molecule has 1 aromatic rings. The van der Waals surface area contributed by atoms with Crippen molar-refractivity contribution < 1.29 is 18.3 Å². The van der Waals surface area contributed by atoms with Crippen LogP contribution in [0.5, 0.6) is 0 Å². The van der Waals surface area contributed by atoms with Crippen molar-refractivity contribution in [1.29, 1.82) is 0 Å². The second-order valence-electron chi connectivity index (χ2n) is 7.04. The maximum Gasteiger partial charge on any atom is 0.414 e. The van der Waals surface area contributed by atoms with Crippen LogP contribution in [-0.4, -0.2) is 41.9 Å². The number of unbranched alkanes of at least 4 members (excludes halogenated alkanes) is 1. The Balaban J connectivity index is 1.65. The number of aliphatic hydroxyl groups is 1. The number of aliphatic hydroxyl groups excluding tert-OH is 1. The summed E-state index contributed by atoms with van der Waals surface area (Å²) in [5, 5.41) is 9.34. The maximum absolute atomic E-state index is 12.5. The van der Waals surface area contributed by atoms with Gasteiger partial charge in [-0.15, -0.1) is 0 Å². The molecule has 0 aliphatic carbocycles. The molecule has 1 heterocycles. The summed E-state index contributed by atoms with van der Waals surface area (Å²) in [4.78, 5) is 2.22. The molecule has 1 aliphatic heterocycles. The van der Waals surface area contributed by atoms with Crippen molar-refractivity contribution in [3.63, 3.8) is 0 Å². The number of benzene rings is 1. The highest BCUT2D eigenvalue weighted by molar-refractivity contribution is 5.29. The number of halogens is 3. The Morgan fingerprint density at radius 2 is 1.79 bits per heavy atom. The molecule has 5 heteroatoms. The summed E-state index contributed by atoms with van der Waals surface area (Å²) in [6, 6.07) is 6.56. The van der Waals surface area contributed by atoms with E-state index in [1.54, 1.807) is 0 Å². The Kier molecular flexibility index (Phi) is 6.70. The molecule has 0 bridgehead atoms. The first kappa shape index (κ1) is 19.3. The second kappa shape index (κ2) is 8.34. The van der Waals surface area contributed by atoms with Gasteiger partial charge >= 0.3 is 6.18 Å². The van der Waals surface area contributed by atoms with Crippen LogP contribution in [0.1, 0.15) is 42.4 Å². The monoisotopic (exact) mass is 343 g/mol. The lowest BCUT2D eigenvalue weighted by atomic mass is 9.91. The molecule has 2 nitrogen and oxygen atoms in total. The summed E-state index contributed by atoms with van der Waals surface area (Å²) < 4.78 is 37.6. The highest BCUT2D eigenvalue weighted by Gasteiger charge is 2.43. The van der Waals surface area contributed by atoms with Crippen LogP contribution in [0, 0.1) is 19.8 Å². The minimum atomic E-state index is -4.49. The molecule has 0 radical (unpaired) electrons. The predicted molar refractivity (Wildman–Crippen MR) is 90.1 cm³/mol. The lowest BCUT2D eigenvalue weighted by Gasteiger charge is -2.34. The summed E-state index contributed by atoms with van der Waals surface area (Å²) >= 11 is 0. The van der Waals surface area contributed by atoms with Crippen LogP contribution in [-0.2, 0) is 6.42 Å². The molecule has 1 aromatic carbocycles. The second-order valence-corrected chi connectivity index (χ2v) is 7.04. The first-order valence-corrected chi connectivity index (χ1v) is 8.80. The molecule has 1 atom stereocenters. The fourth-order valence-corrected chi connectivity index (χ4v) is 3.38. The lowest BCUT2D eigenvalue weighted by Crippen LogP contribution is -2.43. The van der Waals surface area contributed by atoms with E-state index < -0.39 is 18.2 Å². The number of hydrogen-bond donors (Lipinski definition) is 1. The molecule has 1 fully saturated rings. The topological polar surface area (TPSA) is 23.5 Å². The molecular weight excluding hydrogens is 315 g/mol. The number of rotatable bonds is 6. The molecule has 0 amide bonds. The van der Waals surface area contributed by atoms with Gasteiger partial charge in [0.15, 0.2) is 6.10 Å². The van der Waals surface area contributed by atoms with Gasteiger partial charge in [0.2, 0.25) is 0 Å². The van der Waals surface area contributed by atoms with Crippen LogP contribution < -0.4 is 0 Å². The Hall–Kier alpha value is -1.07. The Bertz CT molecular complexity index is 522. The van der Waals surface area contributed by atoms with Gasteiger partial charge in [0.1, 0.15) is 0 Å². The zero-order valence-electron chi connectivity index (χ0n) is 14.6. The van der Waals surface area contributed by atoms with E-state index >= 15 is 0 Å². The molecule has 2 rings (SSSR count). The predicted octanol–water partition coefficient (Wildman–Crippen LogP) is 4.26. The van der Waals surface area contributed by atoms with Crippen molar-refractivity contribution in [2.75, 3.05) is 19.6 Å². The summed E-state index contributed by atoms with van der Waals surface area (Å²) in [6.45, 7) is 6.47. The molecule has 1 aliphatic rings. The third-order valence-corrected chi connectivity index (χ3v) is 5.18. The maximum atomic E-state index is 12.5. The molecule has 0 spiro atoms. The van der Waals surface area contributed by atoms with Gasteiger partial charge in [-0.25, -0.2) is 0 Å². The highest BCUT2D eigenvalue weighted by atomic mass is 19.4. The lowest BCUT2D eigenvalue weighted by molar-refractivity contribution is -0.223. The smallest absolute Gasteiger partial charge is 0.383 e. The van der Waals surface area contributed by atoms with E-state index in [-0.39, 0.29) is 0 Å². The zero-order valence-corrected chi connectivity index (χ0v) is 14.6. The molecule has 24 heavy (non-hydrogen) atoms. The minimum absolute atomic E-state index is 0.428. The van der Waals surface area contributed by atoms with Gasteiger partial charge in [0, 0.05) is 0 Å². The fourth-order valence-electron chi connectivity index (χ4n) is 3.38. The molecular formula is C19H28F3NO. The molecule has 0 aromatic heterocycles. The molecule has 0 unspecified atom stereocenters. The van der Waals surface area contributed by atoms with Crippen LogP contribution in [0.4, 0.5) is 13.2 Å². The van der Waals surface area contributed by atoms with Gasteiger partial charge in [-0.05, 0) is 88.2 Å². The number of alkyl halides is 3. The largest absolute Gasteiger partial charge is 0.414 e. The average Bonchev–Trinajstić information content (AvgIpc) is 2.54. The third-order valence-electron chi connectivity index (χ3n) is 5.18. The van der Waals surface area contributed by atoms with Gasteiger partial charge in [0.25, 0.3) is 0 Å². The standard InChI is InChI=1S/C19H28F3NO/c1-14-6-7-16(13-15(14)2)5-3-4-10-23-11-8-17(9-12-23)18(24)19(20,21)22/h6-7,13,17-18,24H,3-5,8-12H2,1-2H3/t18-/m1/s1. The summed E-state index contributed by atoms with van der Waals surface area (Å²) in [5.41, 5.74) is 3.98. The first-order valence-electron chi connectivity index (χ1n) is 8.80. The Morgan fingerprint density at radius 3 is 2.38 bits per heavy atom. The minimum Gasteiger partial charge on any atom is -0.383 e. The van der Waals surface area contributed by atoms with Gasteiger partial charge in [-0.2, -0.15) is 13.2 Å². The number of piperidine rings is 1. The van der Waals surface area contributed by atoms with E-state index in [1.165, 1.54) is 16.7 Å². The van der Waals surface area contributed by atoms with Gasteiger partial charge in [-0.1, -0.05) is 18.2 Å². The van der Waals surface area contributed by atoms with Gasteiger partial charge in [0.05, 0.1) is 0 Å². The van der Waals surface area contributed by atoms with Crippen molar-refractivity contribution in [2.45, 2.75) is 58.2 Å². The number of likely N-dealkylation sites (tertiary alicyclic amines) is 1. The fraction of sp³-hybridized carbons (Fsp3) is 0.684. The van der Waals surface area contributed by atoms with E-state index in [2.05, 4.69) is 36.9 Å². The van der Waals surface area contributed by atoms with Crippen LogP contribution in [0.3, 0.4) is 0 Å². The van der Waals surface area contributed by atoms with Crippen molar-refractivity contribution in [2.24, 2.45) is 5.92 Å². The number of nitrogens with zero attached hydrogens (tertiary/aromatic N) is 1. The van der Waals surface area contributed by atoms with E-state index in [1.807, 2.05) is 0 Å². The SMILES string of the molecule is Cc1ccc(CCCCN2CCC([C@@H](O)C(F)(F)F)CC2)cc1C. The zero-order chi connectivity index (χ0) is 17.7. The molecule has 136 valence electrons. The van der Waals surface area contributed by atoms with Crippen molar-refractivity contribution in [3.8, 4) is 0 Å². The highest BCUT2D eigenvalue weighted by Crippen LogP contribution is 2.31. The van der Waals surface area contributed by atoms with E-state index in [0.717, 1.165) is 25.8 Å². The van der Waals surface area contributed by atoms with Gasteiger partial charge < -0.3 is 10.0 Å². The average molecular weight is 343 g/mol. The molecule has 1 saturated heterocycles. The summed E-state index contributed by atoms with van der Waals surface area (Å²) in [5.74, 6) is -0.642. The molecule has 1 N–H and O–H groups in total. The van der Waals surface area contributed by atoms with Crippen molar-refractivity contribution in [3.05, 3.63) is 34.9 Å². The van der Waals surface area contributed by atoms with Gasteiger partial charge in [-0.3, -0.25) is 0 Å². The summed E-state index contributed by atoms with van der Waals surface area (Å²) in [7, 11) is 0. The number of aryl methyl sites for hydroxylation is 3.